The van der Waals surface area contributed by atoms with Gasteiger partial charge in [-0.05, 0) is 36.0 Å². The average Bonchev–Trinajstić information content (AvgIpc) is 2.80. The number of nitrogens with one attached hydrogen (secondary N) is 1. The highest BCUT2D eigenvalue weighted by Crippen LogP contribution is 2.65. The van der Waals surface area contributed by atoms with E-state index in [0.29, 0.717) is 16.9 Å². The van der Waals surface area contributed by atoms with Crippen molar-refractivity contribution in [2.24, 2.45) is 16.7 Å². The van der Waals surface area contributed by atoms with Crippen molar-refractivity contribution in [3.63, 3.8) is 0 Å². The van der Waals surface area contributed by atoms with Gasteiger partial charge in [0.1, 0.15) is 11.5 Å². The van der Waals surface area contributed by atoms with Crippen molar-refractivity contribution in [2.45, 2.75) is 46.1 Å². The van der Waals surface area contributed by atoms with Gasteiger partial charge in [0.05, 0.1) is 14.2 Å². The first-order chi connectivity index (χ1) is 9.90. The number of hydrogen-bond acceptors (Lipinski definition) is 3. The van der Waals surface area contributed by atoms with Gasteiger partial charge in [-0.15, -0.1) is 0 Å². The van der Waals surface area contributed by atoms with Crippen LogP contribution in [0.3, 0.4) is 0 Å². The molecule has 0 radical (unpaired) electrons. The van der Waals surface area contributed by atoms with E-state index in [-0.39, 0.29) is 0 Å². The second kappa shape index (κ2) is 4.82. The largest absolute Gasteiger partial charge is 0.497 e. The second-order valence-corrected chi connectivity index (χ2v) is 7.41. The Morgan fingerprint density at radius 1 is 1.05 bits per heavy atom. The van der Waals surface area contributed by atoms with E-state index in [9.17, 15) is 0 Å². The molecule has 1 aromatic rings. The van der Waals surface area contributed by atoms with E-state index < -0.39 is 0 Å². The Hall–Kier alpha value is -1.38. The molecule has 2 fully saturated rings. The summed E-state index contributed by atoms with van der Waals surface area (Å²) in [4.78, 5) is 0. The van der Waals surface area contributed by atoms with E-state index in [1.165, 1.54) is 19.3 Å². The molecule has 2 aliphatic rings. The maximum Gasteiger partial charge on any atom is 0.124 e. The molecule has 3 heteroatoms. The number of ether oxygens (including phenoxy) is 2. The summed E-state index contributed by atoms with van der Waals surface area (Å²) >= 11 is 0. The third kappa shape index (κ3) is 2.09. The molecule has 0 amide bonds. The SMILES string of the molecule is COc1cc(NC2CC3CCC2(C)C3(C)C)cc(OC)c1. The van der Waals surface area contributed by atoms with Gasteiger partial charge < -0.3 is 14.8 Å². The molecule has 0 aliphatic heterocycles. The fraction of sp³-hybridized carbons (Fsp3) is 0.667. The molecule has 3 unspecified atom stereocenters. The van der Waals surface area contributed by atoms with Gasteiger partial charge in [0.25, 0.3) is 0 Å². The van der Waals surface area contributed by atoms with Crippen LogP contribution in [-0.2, 0) is 0 Å². The maximum atomic E-state index is 5.37. The summed E-state index contributed by atoms with van der Waals surface area (Å²) in [5, 5.41) is 3.76. The summed E-state index contributed by atoms with van der Waals surface area (Å²) < 4.78 is 10.7. The van der Waals surface area contributed by atoms with E-state index in [4.69, 9.17) is 9.47 Å². The summed E-state index contributed by atoms with van der Waals surface area (Å²) in [6.07, 6.45) is 3.97. The first kappa shape index (κ1) is 14.6. The predicted molar refractivity (Wildman–Crippen MR) is 86.2 cm³/mol. The van der Waals surface area contributed by atoms with Gasteiger partial charge in [-0.2, -0.15) is 0 Å². The minimum atomic E-state index is 0.369. The minimum absolute atomic E-state index is 0.369. The quantitative estimate of drug-likeness (QED) is 0.895. The smallest absolute Gasteiger partial charge is 0.124 e. The molecule has 0 aromatic heterocycles. The molecule has 2 bridgehead atoms. The second-order valence-electron chi connectivity index (χ2n) is 7.41. The van der Waals surface area contributed by atoms with Crippen molar-refractivity contribution in [2.75, 3.05) is 19.5 Å². The fourth-order valence-electron chi connectivity index (χ4n) is 4.51. The Labute approximate surface area is 128 Å². The zero-order chi connectivity index (χ0) is 15.3. The maximum absolute atomic E-state index is 5.37. The van der Waals surface area contributed by atoms with E-state index >= 15 is 0 Å². The number of anilines is 1. The molecular weight excluding hydrogens is 262 g/mol. The molecule has 116 valence electrons. The lowest BCUT2D eigenvalue weighted by Crippen LogP contribution is -2.40. The zero-order valence-electron chi connectivity index (χ0n) is 13.8. The highest BCUT2D eigenvalue weighted by atomic mass is 16.5. The van der Waals surface area contributed by atoms with Crippen LogP contribution >= 0.6 is 0 Å². The number of methoxy groups -OCH3 is 2. The van der Waals surface area contributed by atoms with Crippen LogP contribution in [0.1, 0.15) is 40.0 Å². The number of rotatable bonds is 4. The number of hydrogen-bond donors (Lipinski definition) is 1. The number of fused-ring (bicyclic) bond motifs is 2. The van der Waals surface area contributed by atoms with Crippen LogP contribution in [0.4, 0.5) is 5.69 Å². The molecule has 2 aliphatic carbocycles. The normalized spacial score (nSPS) is 33.0. The van der Waals surface area contributed by atoms with Crippen LogP contribution < -0.4 is 14.8 Å². The van der Waals surface area contributed by atoms with Crippen molar-refractivity contribution < 1.29 is 9.47 Å². The van der Waals surface area contributed by atoms with Crippen molar-refractivity contribution in [1.82, 2.24) is 0 Å². The van der Waals surface area contributed by atoms with E-state index in [1.54, 1.807) is 14.2 Å². The predicted octanol–water partition coefficient (Wildman–Crippen LogP) is 4.33. The fourth-order valence-corrected chi connectivity index (χ4v) is 4.51. The van der Waals surface area contributed by atoms with Crippen molar-refractivity contribution >= 4 is 5.69 Å². The highest BCUT2D eigenvalue weighted by molar-refractivity contribution is 5.55. The first-order valence-corrected chi connectivity index (χ1v) is 7.90. The standard InChI is InChI=1S/C18H27NO2/c1-17(2)12-6-7-18(17,3)16(8-12)19-13-9-14(20-4)11-15(10-13)21-5/h9-12,16,19H,6-8H2,1-5H3. The van der Waals surface area contributed by atoms with Crippen molar-refractivity contribution in [3.8, 4) is 11.5 Å². The van der Waals surface area contributed by atoms with Crippen LogP contribution in [0.2, 0.25) is 0 Å². The molecule has 1 aromatic carbocycles. The third-order valence-corrected chi connectivity index (χ3v) is 6.49. The molecule has 1 N–H and O–H groups in total. The lowest BCUT2D eigenvalue weighted by atomic mass is 9.69. The van der Waals surface area contributed by atoms with Crippen LogP contribution in [0, 0.1) is 16.7 Å². The number of benzene rings is 1. The van der Waals surface area contributed by atoms with Gasteiger partial charge >= 0.3 is 0 Å². The lowest BCUT2D eigenvalue weighted by Gasteiger charge is -2.40. The van der Waals surface area contributed by atoms with Crippen molar-refractivity contribution in [1.29, 1.82) is 0 Å². The topological polar surface area (TPSA) is 30.5 Å². The molecule has 21 heavy (non-hydrogen) atoms. The van der Waals surface area contributed by atoms with Gasteiger partial charge in [-0.3, -0.25) is 0 Å². The zero-order valence-corrected chi connectivity index (χ0v) is 13.8. The summed E-state index contributed by atoms with van der Waals surface area (Å²) in [7, 11) is 3.39. The van der Waals surface area contributed by atoms with Crippen molar-refractivity contribution in [3.05, 3.63) is 18.2 Å². The third-order valence-electron chi connectivity index (χ3n) is 6.49. The average molecular weight is 289 g/mol. The first-order valence-electron chi connectivity index (χ1n) is 7.90. The summed E-state index contributed by atoms with van der Waals surface area (Å²) in [6, 6.07) is 6.57. The molecule has 3 nitrogen and oxygen atoms in total. The van der Waals surface area contributed by atoms with Gasteiger partial charge in [-0.25, -0.2) is 0 Å². The molecule has 0 heterocycles. The Bertz CT molecular complexity index is 518. The van der Waals surface area contributed by atoms with E-state index in [1.807, 2.05) is 6.07 Å². The Kier molecular flexibility index (Phi) is 3.34. The molecular formula is C18H27NO2. The Morgan fingerprint density at radius 2 is 1.67 bits per heavy atom. The molecule has 2 saturated carbocycles. The van der Waals surface area contributed by atoms with Crippen LogP contribution in [-0.4, -0.2) is 20.3 Å². The van der Waals surface area contributed by atoms with Gasteiger partial charge in [-0.1, -0.05) is 20.8 Å². The Balaban J connectivity index is 1.85. The summed E-state index contributed by atoms with van der Waals surface area (Å²) in [6.45, 7) is 7.34. The molecule has 3 atom stereocenters. The summed E-state index contributed by atoms with van der Waals surface area (Å²) in [5.74, 6) is 2.52. The highest BCUT2D eigenvalue weighted by Gasteiger charge is 2.61. The monoisotopic (exact) mass is 289 g/mol. The summed E-state index contributed by atoms with van der Waals surface area (Å²) in [5.41, 5.74) is 1.89. The van der Waals surface area contributed by atoms with Gasteiger partial charge in [0, 0.05) is 29.9 Å². The molecule has 0 spiro atoms. The molecule has 0 saturated heterocycles. The van der Waals surface area contributed by atoms with Gasteiger partial charge in [0.15, 0.2) is 0 Å². The molecule has 3 rings (SSSR count). The van der Waals surface area contributed by atoms with Crippen LogP contribution in [0.15, 0.2) is 18.2 Å². The minimum Gasteiger partial charge on any atom is -0.497 e. The van der Waals surface area contributed by atoms with Crippen LogP contribution in [0.5, 0.6) is 11.5 Å². The van der Waals surface area contributed by atoms with Gasteiger partial charge in [0.2, 0.25) is 0 Å². The lowest BCUT2D eigenvalue weighted by molar-refractivity contribution is 0.142. The Morgan fingerprint density at radius 3 is 2.10 bits per heavy atom. The van der Waals surface area contributed by atoms with E-state index in [2.05, 4.69) is 38.2 Å². The van der Waals surface area contributed by atoms with Crippen LogP contribution in [0.25, 0.3) is 0 Å². The van der Waals surface area contributed by atoms with E-state index in [0.717, 1.165) is 23.1 Å².